The fourth-order valence-corrected chi connectivity index (χ4v) is 4.16. The number of fused-ring (bicyclic) bond motifs is 1. The number of nitrogens with zero attached hydrogens (tertiary/aromatic N) is 2. The summed E-state index contributed by atoms with van der Waals surface area (Å²) in [6, 6.07) is 7.73. The summed E-state index contributed by atoms with van der Waals surface area (Å²) in [5, 5.41) is 0.553. The highest BCUT2D eigenvalue weighted by molar-refractivity contribution is 7.97. The van der Waals surface area contributed by atoms with Crippen LogP contribution in [0.15, 0.2) is 33.9 Å². The fourth-order valence-electron chi connectivity index (χ4n) is 3.29. The van der Waals surface area contributed by atoms with Crippen molar-refractivity contribution in [1.82, 2.24) is 9.29 Å². The number of hydrogen-bond donors (Lipinski definition) is 0. The van der Waals surface area contributed by atoms with E-state index in [1.807, 2.05) is 35.5 Å². The van der Waals surface area contributed by atoms with Gasteiger partial charge in [-0.1, -0.05) is 83.8 Å². The predicted octanol–water partition coefficient (Wildman–Crippen LogP) is 7.38. The molecule has 0 unspecified atom stereocenters. The molecule has 0 bridgehead atoms. The lowest BCUT2D eigenvalue weighted by Crippen LogP contribution is -2.25. The van der Waals surface area contributed by atoms with Gasteiger partial charge < -0.3 is 4.42 Å². The Kier molecular flexibility index (Phi) is 11.1. The second-order valence-corrected chi connectivity index (χ2v) is 8.44. The molecule has 0 saturated carbocycles. The number of amides is 1. The molecule has 0 N–H and O–H groups in total. The van der Waals surface area contributed by atoms with Crippen molar-refractivity contribution in [1.29, 1.82) is 0 Å². The van der Waals surface area contributed by atoms with E-state index < -0.39 is 0 Å². The lowest BCUT2D eigenvalue weighted by molar-refractivity contribution is -0.126. The minimum absolute atomic E-state index is 0.172. The van der Waals surface area contributed by atoms with E-state index in [2.05, 4.69) is 11.9 Å². The van der Waals surface area contributed by atoms with Crippen LogP contribution in [0.3, 0.4) is 0 Å². The largest absolute Gasteiger partial charge is 0.430 e. The smallest absolute Gasteiger partial charge is 0.278 e. The second-order valence-electron chi connectivity index (χ2n) is 7.47. The number of unbranched alkanes of at least 4 members (excludes halogenated alkanes) is 9. The number of benzene rings is 1. The summed E-state index contributed by atoms with van der Waals surface area (Å²) < 4.78 is 7.63. The van der Waals surface area contributed by atoms with Crippen molar-refractivity contribution in [3.8, 4) is 0 Å². The van der Waals surface area contributed by atoms with Crippen LogP contribution in [-0.2, 0) is 4.79 Å². The van der Waals surface area contributed by atoms with Crippen molar-refractivity contribution in [2.24, 2.45) is 0 Å². The van der Waals surface area contributed by atoms with E-state index in [1.54, 1.807) is 0 Å². The van der Waals surface area contributed by atoms with E-state index in [9.17, 15) is 4.79 Å². The monoisotopic (exact) mass is 404 g/mol. The molecule has 0 radical (unpaired) electrons. The maximum absolute atomic E-state index is 12.5. The van der Waals surface area contributed by atoms with Gasteiger partial charge >= 0.3 is 0 Å². The van der Waals surface area contributed by atoms with Gasteiger partial charge in [-0.05, 0) is 25.0 Å². The first kappa shape index (κ1) is 22.8. The van der Waals surface area contributed by atoms with E-state index in [4.69, 9.17) is 4.42 Å². The molecule has 5 heteroatoms. The lowest BCUT2D eigenvalue weighted by atomic mass is 10.1. The van der Waals surface area contributed by atoms with Gasteiger partial charge in [-0.3, -0.25) is 9.10 Å². The Labute approximate surface area is 174 Å². The molecule has 0 aliphatic carbocycles. The normalized spacial score (nSPS) is 11.2. The Balaban J connectivity index is 1.71. The number of aromatic nitrogens is 1. The Morgan fingerprint density at radius 1 is 0.929 bits per heavy atom. The minimum atomic E-state index is 0.172. The first-order chi connectivity index (χ1) is 13.7. The van der Waals surface area contributed by atoms with E-state index in [1.165, 1.54) is 69.7 Å². The third kappa shape index (κ3) is 8.26. The summed E-state index contributed by atoms with van der Waals surface area (Å²) in [4.78, 5) is 17.0. The lowest BCUT2D eigenvalue weighted by Gasteiger charge is -2.19. The van der Waals surface area contributed by atoms with Crippen LogP contribution in [0, 0.1) is 0 Å². The molecular formula is C23H36N2O2S. The summed E-state index contributed by atoms with van der Waals surface area (Å²) in [5.41, 5.74) is 1.61. The standard InChI is InChI=1S/C23H36N2O2S/c1-3-5-6-7-8-9-10-11-12-15-19-25(22(26)16-4-2)28-23-24-20-17-13-14-18-21(20)27-23/h13-14,17-18H,3-12,15-16,19H2,1-2H3. The van der Waals surface area contributed by atoms with Gasteiger partial charge in [-0.25, -0.2) is 4.98 Å². The van der Waals surface area contributed by atoms with Crippen LogP contribution >= 0.6 is 11.9 Å². The van der Waals surface area contributed by atoms with Gasteiger partial charge in [0, 0.05) is 13.0 Å². The van der Waals surface area contributed by atoms with E-state index in [0.717, 1.165) is 30.5 Å². The molecule has 0 atom stereocenters. The average molecular weight is 405 g/mol. The first-order valence-corrected chi connectivity index (χ1v) is 11.9. The predicted molar refractivity (Wildman–Crippen MR) is 118 cm³/mol. The molecule has 1 amide bonds. The third-order valence-corrected chi connectivity index (χ3v) is 5.86. The van der Waals surface area contributed by atoms with Crippen LogP contribution in [0.2, 0.25) is 0 Å². The molecule has 0 spiro atoms. The van der Waals surface area contributed by atoms with Gasteiger partial charge in [0.2, 0.25) is 5.91 Å². The molecule has 2 aromatic rings. The summed E-state index contributed by atoms with van der Waals surface area (Å²) >= 11 is 1.35. The highest BCUT2D eigenvalue weighted by atomic mass is 32.2. The second kappa shape index (κ2) is 13.6. The zero-order chi connectivity index (χ0) is 20.0. The number of para-hydroxylation sites is 2. The maximum atomic E-state index is 12.5. The molecule has 0 saturated heterocycles. The molecule has 1 heterocycles. The maximum Gasteiger partial charge on any atom is 0.278 e. The summed E-state index contributed by atoms with van der Waals surface area (Å²) in [5.74, 6) is 0.172. The van der Waals surface area contributed by atoms with Crippen LogP contribution < -0.4 is 0 Å². The SMILES string of the molecule is CCCCCCCCCCCCN(Sc1nc2ccccc2o1)C(=O)CCC. The van der Waals surface area contributed by atoms with Crippen molar-refractivity contribution >= 4 is 29.0 Å². The van der Waals surface area contributed by atoms with Crippen molar-refractivity contribution in [3.63, 3.8) is 0 Å². The van der Waals surface area contributed by atoms with Crippen molar-refractivity contribution in [2.45, 2.75) is 96.1 Å². The van der Waals surface area contributed by atoms with Crippen molar-refractivity contribution in [2.75, 3.05) is 6.54 Å². The van der Waals surface area contributed by atoms with Crippen LogP contribution in [0.1, 0.15) is 90.9 Å². The van der Waals surface area contributed by atoms with Gasteiger partial charge in [0.05, 0.1) is 11.9 Å². The quantitative estimate of drug-likeness (QED) is 0.229. The summed E-state index contributed by atoms with van der Waals surface area (Å²) in [7, 11) is 0. The molecule has 2 rings (SSSR count). The van der Waals surface area contributed by atoms with E-state index in [0.29, 0.717) is 11.6 Å². The molecule has 0 aliphatic rings. The number of rotatable bonds is 15. The number of carbonyl (C=O) groups excluding carboxylic acids is 1. The molecule has 28 heavy (non-hydrogen) atoms. The Morgan fingerprint density at radius 3 is 2.21 bits per heavy atom. The van der Waals surface area contributed by atoms with Crippen molar-refractivity contribution < 1.29 is 9.21 Å². The van der Waals surface area contributed by atoms with Gasteiger partial charge in [-0.2, -0.15) is 0 Å². The number of oxazole rings is 1. The molecule has 0 fully saturated rings. The van der Waals surface area contributed by atoms with E-state index in [-0.39, 0.29) is 5.91 Å². The van der Waals surface area contributed by atoms with Crippen LogP contribution in [-0.4, -0.2) is 21.7 Å². The summed E-state index contributed by atoms with van der Waals surface area (Å²) in [6.45, 7) is 5.07. The number of carbonyl (C=O) groups is 1. The van der Waals surface area contributed by atoms with Crippen LogP contribution in [0.25, 0.3) is 11.1 Å². The molecule has 4 nitrogen and oxygen atoms in total. The highest BCUT2D eigenvalue weighted by Gasteiger charge is 2.17. The zero-order valence-electron chi connectivity index (χ0n) is 17.6. The Hall–Kier alpha value is -1.49. The van der Waals surface area contributed by atoms with E-state index >= 15 is 0 Å². The zero-order valence-corrected chi connectivity index (χ0v) is 18.4. The molecular weight excluding hydrogens is 368 g/mol. The average Bonchev–Trinajstić information content (AvgIpc) is 3.11. The molecule has 156 valence electrons. The minimum Gasteiger partial charge on any atom is -0.430 e. The Bertz CT molecular complexity index is 653. The van der Waals surface area contributed by atoms with Gasteiger partial charge in [-0.15, -0.1) is 0 Å². The topological polar surface area (TPSA) is 46.3 Å². The van der Waals surface area contributed by atoms with Gasteiger partial charge in [0.25, 0.3) is 5.22 Å². The van der Waals surface area contributed by atoms with Gasteiger partial charge in [0.15, 0.2) is 5.58 Å². The highest BCUT2D eigenvalue weighted by Crippen LogP contribution is 2.27. The van der Waals surface area contributed by atoms with Crippen molar-refractivity contribution in [3.05, 3.63) is 24.3 Å². The molecule has 0 aliphatic heterocycles. The molecule has 1 aromatic carbocycles. The fraction of sp³-hybridized carbons (Fsp3) is 0.652. The first-order valence-electron chi connectivity index (χ1n) is 11.1. The number of hydrogen-bond acceptors (Lipinski definition) is 4. The molecule has 1 aromatic heterocycles. The van der Waals surface area contributed by atoms with Gasteiger partial charge in [0.1, 0.15) is 5.52 Å². The van der Waals surface area contributed by atoms with Crippen LogP contribution in [0.4, 0.5) is 0 Å². The third-order valence-electron chi connectivity index (χ3n) is 4.92. The Morgan fingerprint density at radius 2 is 1.57 bits per heavy atom. The summed E-state index contributed by atoms with van der Waals surface area (Å²) in [6.07, 6.45) is 14.4. The van der Waals surface area contributed by atoms with Crippen LogP contribution in [0.5, 0.6) is 0 Å².